The number of nitrogens with one attached hydrogen (secondary N) is 3. The molecule has 1 aliphatic carbocycles. The summed E-state index contributed by atoms with van der Waals surface area (Å²) in [5, 5.41) is 29.1. The molecule has 9 heteroatoms. The average Bonchev–Trinajstić information content (AvgIpc) is 3.52. The number of allylic oxidation sites excluding steroid dienone is 3. The van der Waals surface area contributed by atoms with Crippen LogP contribution >= 0.6 is 0 Å². The first-order chi connectivity index (χ1) is 20.5. The molecule has 214 valence electrons. The zero-order valence-electron chi connectivity index (χ0n) is 22.9. The third-order valence-corrected chi connectivity index (χ3v) is 7.69. The molecule has 3 aliphatic heterocycles. The maximum absolute atomic E-state index is 12.0. The maximum Gasteiger partial charge on any atom is 0.335 e. The second-order valence-electron chi connectivity index (χ2n) is 10.5. The van der Waals surface area contributed by atoms with E-state index in [9.17, 15) is 19.8 Å². The van der Waals surface area contributed by atoms with Crippen molar-refractivity contribution in [3.63, 3.8) is 0 Å². The number of dihydropyridines is 3. The Bertz CT molecular complexity index is 1590. The second kappa shape index (κ2) is 11.7. The van der Waals surface area contributed by atoms with Gasteiger partial charge in [-0.1, -0.05) is 36.4 Å². The van der Waals surface area contributed by atoms with Crippen LogP contribution in [0.4, 0.5) is 11.6 Å². The minimum atomic E-state index is -1.06. The molecule has 2 aromatic rings. The summed E-state index contributed by atoms with van der Waals surface area (Å²) in [5.74, 6) is -0.640. The Kier molecular flexibility index (Phi) is 7.55. The fraction of sp³-hybridized carbons (Fsp3) is 0.212. The SMILES string of the molecule is O=C(O)C1=CCNC(C2=CC(C(=O)O)=CC(C3C=C(c4ccc(N(c5ccccc5)C5C=CCCC5)o4)C=CN3)N2)=C1. The van der Waals surface area contributed by atoms with Crippen molar-refractivity contribution < 1.29 is 24.2 Å². The molecule has 5 N–H and O–H groups in total. The lowest BCUT2D eigenvalue weighted by Gasteiger charge is -2.32. The van der Waals surface area contributed by atoms with E-state index in [1.165, 1.54) is 12.2 Å². The second-order valence-corrected chi connectivity index (χ2v) is 10.5. The lowest BCUT2D eigenvalue weighted by molar-refractivity contribution is -0.133. The zero-order valence-corrected chi connectivity index (χ0v) is 22.9. The molecule has 9 nitrogen and oxygen atoms in total. The van der Waals surface area contributed by atoms with Crippen LogP contribution in [0.15, 0.2) is 124 Å². The number of hydrogen-bond acceptors (Lipinski definition) is 7. The Hall–Kier alpha value is -5.18. The van der Waals surface area contributed by atoms with Gasteiger partial charge in [-0.15, -0.1) is 0 Å². The highest BCUT2D eigenvalue weighted by molar-refractivity contribution is 5.92. The molecule has 0 saturated carbocycles. The molecule has 3 unspecified atom stereocenters. The minimum absolute atomic E-state index is 0.119. The topological polar surface area (TPSA) is 127 Å². The molecule has 0 saturated heterocycles. The van der Waals surface area contributed by atoms with Gasteiger partial charge in [0, 0.05) is 23.9 Å². The van der Waals surface area contributed by atoms with Crippen LogP contribution < -0.4 is 20.9 Å². The number of para-hydroxylation sites is 1. The number of nitrogens with zero attached hydrogens (tertiary/aromatic N) is 1. The fourth-order valence-corrected chi connectivity index (χ4v) is 5.61. The van der Waals surface area contributed by atoms with Crippen LogP contribution in [0.3, 0.4) is 0 Å². The van der Waals surface area contributed by atoms with Crippen LogP contribution in [0.5, 0.6) is 0 Å². The normalized spacial score (nSPS) is 23.1. The van der Waals surface area contributed by atoms with Crippen LogP contribution in [0.1, 0.15) is 25.0 Å². The van der Waals surface area contributed by atoms with Crippen molar-refractivity contribution in [3.8, 4) is 0 Å². The monoisotopic (exact) mass is 564 g/mol. The molecule has 4 aliphatic rings. The van der Waals surface area contributed by atoms with Crippen LogP contribution in [-0.4, -0.2) is 46.8 Å². The van der Waals surface area contributed by atoms with Crippen LogP contribution in [0.25, 0.3) is 5.57 Å². The fourth-order valence-electron chi connectivity index (χ4n) is 5.61. The highest BCUT2D eigenvalue weighted by Gasteiger charge is 2.28. The standard InChI is InChI=1S/C33H32N4O5/c38-32(39)22-14-16-35-27(18-22)29-20-23(33(40)41)19-28(36-29)26-17-21(13-15-34-26)30-11-12-31(42-30)37(24-7-3-1-4-8-24)25-9-5-2-6-10-25/h1,3-5,7-9,11-15,17-20,25-26,28,34-36H,2,6,10,16H2,(H,38,39)(H,40,41). The molecule has 3 atom stereocenters. The van der Waals surface area contributed by atoms with Crippen LogP contribution in [0.2, 0.25) is 0 Å². The van der Waals surface area contributed by atoms with Crippen molar-refractivity contribution in [2.24, 2.45) is 0 Å². The van der Waals surface area contributed by atoms with E-state index in [2.05, 4.69) is 45.1 Å². The Morgan fingerprint density at radius 2 is 1.74 bits per heavy atom. The van der Waals surface area contributed by atoms with E-state index >= 15 is 0 Å². The number of carboxylic acids is 2. The molecule has 0 bridgehead atoms. The Morgan fingerprint density at radius 3 is 2.50 bits per heavy atom. The summed E-state index contributed by atoms with van der Waals surface area (Å²) in [6, 6.07) is 13.6. The summed E-state index contributed by atoms with van der Waals surface area (Å²) >= 11 is 0. The summed E-state index contributed by atoms with van der Waals surface area (Å²) in [5.41, 5.74) is 3.23. The molecule has 0 radical (unpaired) electrons. The van der Waals surface area contributed by atoms with Crippen molar-refractivity contribution in [1.82, 2.24) is 16.0 Å². The van der Waals surface area contributed by atoms with E-state index in [-0.39, 0.29) is 23.2 Å². The van der Waals surface area contributed by atoms with Crippen molar-refractivity contribution in [1.29, 1.82) is 0 Å². The van der Waals surface area contributed by atoms with Gasteiger partial charge in [0.1, 0.15) is 5.76 Å². The Morgan fingerprint density at radius 1 is 0.929 bits per heavy atom. The number of benzene rings is 1. The molecule has 0 spiro atoms. The number of aliphatic carboxylic acids is 2. The number of carbonyl (C=O) groups is 2. The largest absolute Gasteiger partial charge is 0.478 e. The van der Waals surface area contributed by atoms with Crippen molar-refractivity contribution >= 4 is 29.1 Å². The first kappa shape index (κ1) is 27.0. The molecule has 6 rings (SSSR count). The molecule has 0 amide bonds. The summed E-state index contributed by atoms with van der Waals surface area (Å²) in [6.07, 6.45) is 19.8. The first-order valence-corrected chi connectivity index (χ1v) is 14.0. The number of carboxylic acid groups (broad SMARTS) is 2. The molecule has 42 heavy (non-hydrogen) atoms. The third-order valence-electron chi connectivity index (χ3n) is 7.69. The van der Waals surface area contributed by atoms with Gasteiger partial charge in [0.05, 0.1) is 40.7 Å². The lowest BCUT2D eigenvalue weighted by atomic mass is 9.95. The van der Waals surface area contributed by atoms with E-state index in [0.29, 0.717) is 23.7 Å². The van der Waals surface area contributed by atoms with E-state index < -0.39 is 18.0 Å². The summed E-state index contributed by atoms with van der Waals surface area (Å²) in [7, 11) is 0. The van der Waals surface area contributed by atoms with E-state index in [4.69, 9.17) is 4.42 Å². The molecular formula is C33H32N4O5. The number of anilines is 2. The molecular weight excluding hydrogens is 532 g/mol. The zero-order chi connectivity index (χ0) is 29.1. The van der Waals surface area contributed by atoms with E-state index in [1.807, 2.05) is 48.7 Å². The molecule has 4 heterocycles. The van der Waals surface area contributed by atoms with Gasteiger partial charge in [-0.05, 0) is 74.0 Å². The minimum Gasteiger partial charge on any atom is -0.478 e. The van der Waals surface area contributed by atoms with Crippen LogP contribution in [-0.2, 0) is 9.59 Å². The van der Waals surface area contributed by atoms with Crippen molar-refractivity contribution in [2.75, 3.05) is 11.4 Å². The number of furan rings is 1. The third kappa shape index (κ3) is 5.67. The summed E-state index contributed by atoms with van der Waals surface area (Å²) in [6.45, 7) is 0.329. The predicted octanol–water partition coefficient (Wildman–Crippen LogP) is 4.76. The van der Waals surface area contributed by atoms with Crippen LogP contribution in [0, 0.1) is 0 Å². The van der Waals surface area contributed by atoms with Gasteiger partial charge in [-0.2, -0.15) is 0 Å². The first-order valence-electron chi connectivity index (χ1n) is 14.0. The average molecular weight is 565 g/mol. The summed E-state index contributed by atoms with van der Waals surface area (Å²) < 4.78 is 6.46. The van der Waals surface area contributed by atoms with Crippen molar-refractivity contribution in [2.45, 2.75) is 37.4 Å². The quantitative estimate of drug-likeness (QED) is 0.289. The maximum atomic E-state index is 12.0. The molecule has 1 aromatic carbocycles. The lowest BCUT2D eigenvalue weighted by Crippen LogP contribution is -2.47. The highest BCUT2D eigenvalue weighted by atomic mass is 16.4. The molecule has 0 fully saturated rings. The van der Waals surface area contributed by atoms with Gasteiger partial charge in [-0.25, -0.2) is 9.59 Å². The van der Waals surface area contributed by atoms with Gasteiger partial charge in [0.2, 0.25) is 5.88 Å². The highest BCUT2D eigenvalue weighted by Crippen LogP contribution is 2.35. The van der Waals surface area contributed by atoms with Gasteiger partial charge >= 0.3 is 11.9 Å². The predicted molar refractivity (Wildman–Crippen MR) is 161 cm³/mol. The molecule has 1 aromatic heterocycles. The van der Waals surface area contributed by atoms with Gasteiger partial charge in [0.15, 0.2) is 0 Å². The number of hydrogen-bond donors (Lipinski definition) is 5. The van der Waals surface area contributed by atoms with Crippen molar-refractivity contribution in [3.05, 3.63) is 126 Å². The summed E-state index contributed by atoms with van der Waals surface area (Å²) in [4.78, 5) is 25.8. The smallest absolute Gasteiger partial charge is 0.335 e. The Balaban J connectivity index is 1.27. The number of rotatable bonds is 8. The van der Waals surface area contributed by atoms with Gasteiger partial charge in [-0.3, -0.25) is 0 Å². The van der Waals surface area contributed by atoms with E-state index in [0.717, 1.165) is 36.4 Å². The van der Waals surface area contributed by atoms with E-state index in [1.54, 1.807) is 12.2 Å². The Labute approximate surface area is 243 Å². The van der Waals surface area contributed by atoms with Gasteiger partial charge < -0.3 is 35.5 Å². The van der Waals surface area contributed by atoms with Gasteiger partial charge in [0.25, 0.3) is 0 Å².